The second-order valence-electron chi connectivity index (χ2n) is 3.86. The number of hydrogen-bond acceptors (Lipinski definition) is 2. The average Bonchev–Trinajstić information content (AvgIpc) is 2.56. The molecular formula is C12H13BrClN3. The van der Waals surface area contributed by atoms with Gasteiger partial charge in [0.2, 0.25) is 5.95 Å². The van der Waals surface area contributed by atoms with Gasteiger partial charge in [-0.2, -0.15) is 0 Å². The predicted octanol–water partition coefficient (Wildman–Crippen LogP) is 3.20. The van der Waals surface area contributed by atoms with Crippen molar-refractivity contribution in [3.63, 3.8) is 0 Å². The maximum atomic E-state index is 6.13. The molecule has 0 saturated heterocycles. The smallest absolute Gasteiger partial charge is 0.201 e. The highest BCUT2D eigenvalue weighted by Gasteiger charge is 2.10. The minimum atomic E-state index is 0.456. The summed E-state index contributed by atoms with van der Waals surface area (Å²) in [5, 5.41) is 0.620. The van der Waals surface area contributed by atoms with Crippen molar-refractivity contribution in [2.75, 3.05) is 5.73 Å². The first-order valence-electron chi connectivity index (χ1n) is 5.29. The van der Waals surface area contributed by atoms with E-state index in [9.17, 15) is 0 Å². The Hall–Kier alpha value is -1.000. The summed E-state index contributed by atoms with van der Waals surface area (Å²) in [7, 11) is 1.81. The summed E-state index contributed by atoms with van der Waals surface area (Å²) < 4.78 is 2.80. The standard InChI is InChI=1S/C12H13BrClN3/c1-17-11(14)10(16-12(17)15)7-6-8-4-2-3-5-9(8)13/h2-5H,6-7H2,1H3,(H2,15,16). The van der Waals surface area contributed by atoms with Crippen LogP contribution in [0.1, 0.15) is 11.3 Å². The van der Waals surface area contributed by atoms with Crippen molar-refractivity contribution in [1.29, 1.82) is 0 Å². The van der Waals surface area contributed by atoms with Crippen LogP contribution in [0.15, 0.2) is 28.7 Å². The number of nitrogen functional groups attached to an aromatic ring is 1. The van der Waals surface area contributed by atoms with E-state index in [1.54, 1.807) is 4.57 Å². The van der Waals surface area contributed by atoms with Gasteiger partial charge in [-0.3, -0.25) is 0 Å². The topological polar surface area (TPSA) is 43.8 Å². The Morgan fingerprint density at radius 3 is 2.65 bits per heavy atom. The molecule has 1 heterocycles. The largest absolute Gasteiger partial charge is 0.369 e. The molecular weight excluding hydrogens is 302 g/mol. The van der Waals surface area contributed by atoms with E-state index in [1.807, 2.05) is 25.2 Å². The van der Waals surface area contributed by atoms with E-state index in [2.05, 4.69) is 27.0 Å². The van der Waals surface area contributed by atoms with Crippen molar-refractivity contribution in [1.82, 2.24) is 9.55 Å². The van der Waals surface area contributed by atoms with Crippen molar-refractivity contribution < 1.29 is 0 Å². The number of nitrogens with two attached hydrogens (primary N) is 1. The van der Waals surface area contributed by atoms with Crippen molar-refractivity contribution in [2.45, 2.75) is 12.8 Å². The summed E-state index contributed by atoms with van der Waals surface area (Å²) >= 11 is 9.65. The van der Waals surface area contributed by atoms with Gasteiger partial charge in [-0.25, -0.2) is 4.98 Å². The lowest BCUT2D eigenvalue weighted by Gasteiger charge is -2.02. The van der Waals surface area contributed by atoms with Crippen LogP contribution >= 0.6 is 27.5 Å². The predicted molar refractivity (Wildman–Crippen MR) is 74.2 cm³/mol. The number of aryl methyl sites for hydroxylation is 2. The Morgan fingerprint density at radius 1 is 1.35 bits per heavy atom. The molecule has 0 aliphatic heterocycles. The Labute approximate surface area is 114 Å². The van der Waals surface area contributed by atoms with Gasteiger partial charge in [-0.05, 0) is 24.5 Å². The minimum Gasteiger partial charge on any atom is -0.369 e. The highest BCUT2D eigenvalue weighted by atomic mass is 79.9. The number of benzene rings is 1. The third-order valence-corrected chi connectivity index (χ3v) is 3.96. The van der Waals surface area contributed by atoms with Gasteiger partial charge in [0.15, 0.2) is 0 Å². The van der Waals surface area contributed by atoms with Crippen molar-refractivity contribution in [2.24, 2.45) is 7.05 Å². The molecule has 90 valence electrons. The molecule has 3 nitrogen and oxygen atoms in total. The molecule has 0 aliphatic rings. The lowest BCUT2D eigenvalue weighted by atomic mass is 10.1. The van der Waals surface area contributed by atoms with Crippen LogP contribution in [-0.4, -0.2) is 9.55 Å². The second kappa shape index (κ2) is 5.10. The first-order chi connectivity index (χ1) is 8.09. The van der Waals surface area contributed by atoms with Gasteiger partial charge in [-0.1, -0.05) is 45.7 Å². The molecule has 5 heteroatoms. The van der Waals surface area contributed by atoms with Gasteiger partial charge < -0.3 is 10.3 Å². The highest BCUT2D eigenvalue weighted by molar-refractivity contribution is 9.10. The fourth-order valence-corrected chi connectivity index (χ4v) is 2.37. The molecule has 0 amide bonds. The van der Waals surface area contributed by atoms with Crippen LogP contribution in [0.3, 0.4) is 0 Å². The van der Waals surface area contributed by atoms with Gasteiger partial charge >= 0.3 is 0 Å². The summed E-state index contributed by atoms with van der Waals surface area (Å²) in [5.41, 5.74) is 7.79. The SMILES string of the molecule is Cn1c(N)nc(CCc2ccccc2Br)c1Cl. The van der Waals surface area contributed by atoms with Crippen LogP contribution in [0.4, 0.5) is 5.95 Å². The molecule has 17 heavy (non-hydrogen) atoms. The third kappa shape index (κ3) is 2.64. The summed E-state index contributed by atoms with van der Waals surface area (Å²) in [5.74, 6) is 0.456. The first-order valence-corrected chi connectivity index (χ1v) is 6.46. The Kier molecular flexibility index (Phi) is 3.74. The number of anilines is 1. The molecule has 1 aromatic heterocycles. The van der Waals surface area contributed by atoms with Crippen LogP contribution in [-0.2, 0) is 19.9 Å². The van der Waals surface area contributed by atoms with Gasteiger partial charge in [-0.15, -0.1) is 0 Å². The molecule has 0 bridgehead atoms. The van der Waals surface area contributed by atoms with Crippen LogP contribution in [0.25, 0.3) is 0 Å². The normalized spacial score (nSPS) is 10.8. The minimum absolute atomic E-state index is 0.456. The van der Waals surface area contributed by atoms with Crippen LogP contribution < -0.4 is 5.73 Å². The van der Waals surface area contributed by atoms with E-state index >= 15 is 0 Å². The monoisotopic (exact) mass is 313 g/mol. The fourth-order valence-electron chi connectivity index (χ4n) is 1.67. The average molecular weight is 315 g/mol. The number of nitrogens with zero attached hydrogens (tertiary/aromatic N) is 2. The van der Waals surface area contributed by atoms with Crippen molar-refractivity contribution >= 4 is 33.5 Å². The molecule has 2 N–H and O–H groups in total. The summed E-state index contributed by atoms with van der Waals surface area (Å²) in [6.45, 7) is 0. The molecule has 0 aliphatic carbocycles. The Bertz CT molecular complexity index is 537. The highest BCUT2D eigenvalue weighted by Crippen LogP contribution is 2.22. The van der Waals surface area contributed by atoms with Crippen molar-refractivity contribution in [3.8, 4) is 0 Å². The quantitative estimate of drug-likeness (QED) is 0.945. The van der Waals surface area contributed by atoms with Crippen LogP contribution in [0, 0.1) is 0 Å². The molecule has 0 unspecified atom stereocenters. The van der Waals surface area contributed by atoms with E-state index in [0.29, 0.717) is 11.1 Å². The van der Waals surface area contributed by atoms with Gasteiger partial charge in [0.25, 0.3) is 0 Å². The zero-order chi connectivity index (χ0) is 12.4. The van der Waals surface area contributed by atoms with E-state index in [-0.39, 0.29) is 0 Å². The van der Waals surface area contributed by atoms with Gasteiger partial charge in [0, 0.05) is 11.5 Å². The molecule has 0 atom stereocenters. The van der Waals surface area contributed by atoms with Gasteiger partial charge in [0.05, 0.1) is 5.69 Å². The molecule has 1 aromatic carbocycles. The van der Waals surface area contributed by atoms with E-state index in [0.717, 1.165) is 23.0 Å². The van der Waals surface area contributed by atoms with Crippen LogP contribution in [0.2, 0.25) is 5.15 Å². The third-order valence-electron chi connectivity index (χ3n) is 2.71. The lowest BCUT2D eigenvalue weighted by molar-refractivity contribution is 0.908. The molecule has 0 fully saturated rings. The lowest BCUT2D eigenvalue weighted by Crippen LogP contribution is -1.96. The zero-order valence-corrected chi connectivity index (χ0v) is 11.8. The Morgan fingerprint density at radius 2 is 2.06 bits per heavy atom. The fraction of sp³-hybridized carbons (Fsp3) is 0.250. The van der Waals surface area contributed by atoms with Crippen molar-refractivity contribution in [3.05, 3.63) is 45.1 Å². The molecule has 0 spiro atoms. The van der Waals surface area contributed by atoms with E-state index < -0.39 is 0 Å². The van der Waals surface area contributed by atoms with E-state index in [4.69, 9.17) is 17.3 Å². The molecule has 0 radical (unpaired) electrons. The van der Waals surface area contributed by atoms with Gasteiger partial charge in [0.1, 0.15) is 5.15 Å². The zero-order valence-electron chi connectivity index (χ0n) is 9.45. The molecule has 2 aromatic rings. The molecule has 2 rings (SSSR count). The number of rotatable bonds is 3. The maximum Gasteiger partial charge on any atom is 0.201 e. The van der Waals surface area contributed by atoms with E-state index in [1.165, 1.54) is 5.56 Å². The number of aromatic nitrogens is 2. The summed E-state index contributed by atoms with van der Waals surface area (Å²) in [6, 6.07) is 8.14. The van der Waals surface area contributed by atoms with Crippen LogP contribution in [0.5, 0.6) is 0 Å². The summed E-state index contributed by atoms with van der Waals surface area (Å²) in [4.78, 5) is 4.25. The number of halogens is 2. The Balaban J connectivity index is 2.13. The maximum absolute atomic E-state index is 6.13. The molecule has 0 saturated carbocycles. The second-order valence-corrected chi connectivity index (χ2v) is 5.07. The number of imidazole rings is 1. The first kappa shape index (κ1) is 12.5. The summed E-state index contributed by atoms with van der Waals surface area (Å²) in [6.07, 6.45) is 1.67. The number of hydrogen-bond donors (Lipinski definition) is 1.